The number of pyridine rings is 1. The molecular formula is C13H18N6O2. The van der Waals surface area contributed by atoms with Crippen molar-refractivity contribution in [3.05, 3.63) is 18.3 Å². The minimum atomic E-state index is -0.248. The van der Waals surface area contributed by atoms with E-state index in [4.69, 9.17) is 10.5 Å². The lowest BCUT2D eigenvalue weighted by molar-refractivity contribution is 0.105. The van der Waals surface area contributed by atoms with E-state index < -0.39 is 0 Å². The van der Waals surface area contributed by atoms with E-state index in [2.05, 4.69) is 15.0 Å². The van der Waals surface area contributed by atoms with E-state index in [-0.39, 0.29) is 12.0 Å². The van der Waals surface area contributed by atoms with Crippen molar-refractivity contribution in [3.63, 3.8) is 0 Å². The molecule has 8 heteroatoms. The van der Waals surface area contributed by atoms with Crippen LogP contribution in [-0.2, 0) is 4.74 Å². The molecule has 2 N–H and O–H groups in total. The van der Waals surface area contributed by atoms with E-state index in [1.54, 1.807) is 9.42 Å². The second-order valence-corrected chi connectivity index (χ2v) is 4.80. The molecule has 1 saturated heterocycles. The van der Waals surface area contributed by atoms with Crippen LogP contribution in [0.3, 0.4) is 0 Å². The molecule has 0 radical (unpaired) electrons. The second-order valence-electron chi connectivity index (χ2n) is 4.80. The molecule has 1 amide bonds. The first-order valence-electron chi connectivity index (χ1n) is 6.96. The number of hydrogen-bond donors (Lipinski definition) is 1. The Balaban J connectivity index is 1.75. The molecule has 2 aromatic rings. The summed E-state index contributed by atoms with van der Waals surface area (Å²) in [5.74, 6) is 0.257. The van der Waals surface area contributed by atoms with Crippen molar-refractivity contribution in [2.24, 2.45) is 0 Å². The highest BCUT2D eigenvalue weighted by Crippen LogP contribution is 2.22. The highest BCUT2D eigenvalue weighted by molar-refractivity contribution is 5.71. The summed E-state index contributed by atoms with van der Waals surface area (Å²) in [7, 11) is 0. The number of carbonyl (C=O) groups is 1. The van der Waals surface area contributed by atoms with Crippen LogP contribution < -0.4 is 10.6 Å². The van der Waals surface area contributed by atoms with E-state index in [9.17, 15) is 4.79 Å². The Hall–Kier alpha value is -2.51. The molecule has 112 valence electrons. The van der Waals surface area contributed by atoms with Crippen LogP contribution in [0.1, 0.15) is 6.92 Å². The van der Waals surface area contributed by atoms with Gasteiger partial charge in [-0.25, -0.2) is 9.31 Å². The molecule has 1 aliphatic heterocycles. The number of piperazine rings is 1. The topological polar surface area (TPSA) is 89.0 Å². The van der Waals surface area contributed by atoms with Crippen molar-refractivity contribution in [1.82, 2.24) is 19.5 Å². The summed E-state index contributed by atoms with van der Waals surface area (Å²) in [5.41, 5.74) is 7.37. The van der Waals surface area contributed by atoms with E-state index in [1.807, 2.05) is 25.3 Å². The second kappa shape index (κ2) is 5.47. The van der Waals surface area contributed by atoms with Crippen molar-refractivity contribution in [3.8, 4) is 0 Å². The van der Waals surface area contributed by atoms with Crippen molar-refractivity contribution in [2.45, 2.75) is 6.92 Å². The zero-order valence-electron chi connectivity index (χ0n) is 11.9. The van der Waals surface area contributed by atoms with Gasteiger partial charge < -0.3 is 20.3 Å². The van der Waals surface area contributed by atoms with E-state index >= 15 is 0 Å². The average molecular weight is 290 g/mol. The minimum Gasteiger partial charge on any atom is -0.450 e. The standard InChI is InChI=1S/C13H18N6O2/c1-2-21-13(20)18-8-6-17(7-9-18)10-4-3-5-19-11(10)15-12(14)16-19/h3-5H,2,6-9H2,1H3,(H2,14,16). The molecule has 0 spiro atoms. The first-order chi connectivity index (χ1) is 10.2. The summed E-state index contributed by atoms with van der Waals surface area (Å²) in [6.45, 7) is 4.92. The van der Waals surface area contributed by atoms with Crippen LogP contribution in [0.25, 0.3) is 5.65 Å². The maximum Gasteiger partial charge on any atom is 0.409 e. The Kier molecular flexibility index (Phi) is 3.51. The molecule has 0 unspecified atom stereocenters. The molecule has 2 aromatic heterocycles. The summed E-state index contributed by atoms with van der Waals surface area (Å²) in [6.07, 6.45) is 1.57. The Labute approximate surface area is 122 Å². The Morgan fingerprint density at radius 2 is 2.14 bits per heavy atom. The first-order valence-corrected chi connectivity index (χ1v) is 6.96. The van der Waals surface area contributed by atoms with Gasteiger partial charge in [-0.15, -0.1) is 5.10 Å². The number of nitrogen functional groups attached to an aromatic ring is 1. The molecule has 3 rings (SSSR count). The molecule has 0 bridgehead atoms. The van der Waals surface area contributed by atoms with Gasteiger partial charge in [0.1, 0.15) is 0 Å². The number of aromatic nitrogens is 3. The summed E-state index contributed by atoms with van der Waals surface area (Å²) in [6, 6.07) is 3.90. The maximum atomic E-state index is 11.7. The summed E-state index contributed by atoms with van der Waals surface area (Å²) in [4.78, 5) is 19.9. The highest BCUT2D eigenvalue weighted by Gasteiger charge is 2.23. The fourth-order valence-corrected chi connectivity index (χ4v) is 2.50. The van der Waals surface area contributed by atoms with Gasteiger partial charge >= 0.3 is 6.09 Å². The van der Waals surface area contributed by atoms with Crippen LogP contribution in [0.2, 0.25) is 0 Å². The smallest absolute Gasteiger partial charge is 0.409 e. The van der Waals surface area contributed by atoms with E-state index in [0.717, 1.165) is 24.4 Å². The van der Waals surface area contributed by atoms with Crippen molar-refractivity contribution in [2.75, 3.05) is 43.4 Å². The van der Waals surface area contributed by atoms with Gasteiger partial charge in [-0.2, -0.15) is 4.98 Å². The third-order valence-corrected chi connectivity index (χ3v) is 3.50. The maximum absolute atomic E-state index is 11.7. The van der Waals surface area contributed by atoms with Crippen LogP contribution in [0, 0.1) is 0 Å². The Bertz CT molecular complexity index is 647. The summed E-state index contributed by atoms with van der Waals surface area (Å²) in [5, 5.41) is 4.11. The molecule has 0 aliphatic carbocycles. The van der Waals surface area contributed by atoms with Gasteiger partial charge in [0.2, 0.25) is 5.95 Å². The van der Waals surface area contributed by atoms with Crippen LogP contribution in [0.4, 0.5) is 16.4 Å². The van der Waals surface area contributed by atoms with Gasteiger partial charge in [-0.3, -0.25) is 0 Å². The van der Waals surface area contributed by atoms with Crippen molar-refractivity contribution < 1.29 is 9.53 Å². The Morgan fingerprint density at radius 1 is 1.38 bits per heavy atom. The van der Waals surface area contributed by atoms with Crippen LogP contribution in [0.15, 0.2) is 18.3 Å². The molecule has 1 aliphatic rings. The van der Waals surface area contributed by atoms with Gasteiger partial charge in [0.25, 0.3) is 0 Å². The van der Waals surface area contributed by atoms with Crippen LogP contribution in [-0.4, -0.2) is 58.4 Å². The number of nitrogens with two attached hydrogens (primary N) is 1. The fraction of sp³-hybridized carbons (Fsp3) is 0.462. The molecule has 3 heterocycles. The lowest BCUT2D eigenvalue weighted by atomic mass is 10.3. The fourth-order valence-electron chi connectivity index (χ4n) is 2.50. The number of rotatable bonds is 2. The minimum absolute atomic E-state index is 0.248. The number of nitrogens with zero attached hydrogens (tertiary/aromatic N) is 5. The molecular weight excluding hydrogens is 272 g/mol. The summed E-state index contributed by atoms with van der Waals surface area (Å²) >= 11 is 0. The largest absolute Gasteiger partial charge is 0.450 e. The third kappa shape index (κ3) is 2.56. The molecule has 21 heavy (non-hydrogen) atoms. The zero-order valence-corrected chi connectivity index (χ0v) is 11.9. The monoisotopic (exact) mass is 290 g/mol. The van der Waals surface area contributed by atoms with Crippen molar-refractivity contribution >= 4 is 23.4 Å². The normalized spacial score (nSPS) is 15.5. The van der Waals surface area contributed by atoms with Gasteiger partial charge in [-0.05, 0) is 19.1 Å². The lowest BCUT2D eigenvalue weighted by Gasteiger charge is -2.35. The SMILES string of the molecule is CCOC(=O)N1CCN(c2cccn3nc(N)nc23)CC1. The number of amides is 1. The van der Waals surface area contributed by atoms with Crippen LogP contribution >= 0.6 is 0 Å². The zero-order chi connectivity index (χ0) is 14.8. The molecule has 8 nitrogen and oxygen atoms in total. The van der Waals surface area contributed by atoms with Crippen molar-refractivity contribution in [1.29, 1.82) is 0 Å². The number of fused-ring (bicyclic) bond motifs is 1. The van der Waals surface area contributed by atoms with Gasteiger partial charge in [0, 0.05) is 32.4 Å². The number of anilines is 2. The molecule has 0 atom stereocenters. The average Bonchev–Trinajstić information content (AvgIpc) is 2.87. The summed E-state index contributed by atoms with van der Waals surface area (Å²) < 4.78 is 6.69. The van der Waals surface area contributed by atoms with Crippen LogP contribution in [0.5, 0.6) is 0 Å². The number of ether oxygens (including phenoxy) is 1. The van der Waals surface area contributed by atoms with E-state index in [0.29, 0.717) is 19.7 Å². The predicted molar refractivity (Wildman–Crippen MR) is 78.2 cm³/mol. The van der Waals surface area contributed by atoms with Gasteiger partial charge in [0.15, 0.2) is 5.65 Å². The highest BCUT2D eigenvalue weighted by atomic mass is 16.6. The molecule has 0 aromatic carbocycles. The first kappa shape index (κ1) is 13.5. The van der Waals surface area contributed by atoms with E-state index in [1.165, 1.54) is 0 Å². The quantitative estimate of drug-likeness (QED) is 0.870. The Morgan fingerprint density at radius 3 is 2.86 bits per heavy atom. The van der Waals surface area contributed by atoms with Gasteiger partial charge in [-0.1, -0.05) is 0 Å². The number of carbonyl (C=O) groups excluding carboxylic acids is 1. The number of hydrogen-bond acceptors (Lipinski definition) is 6. The molecule has 0 saturated carbocycles. The lowest BCUT2D eigenvalue weighted by Crippen LogP contribution is -2.49. The predicted octanol–water partition coefficient (Wildman–Crippen LogP) is 0.590. The van der Waals surface area contributed by atoms with Gasteiger partial charge in [0.05, 0.1) is 12.3 Å². The third-order valence-electron chi connectivity index (χ3n) is 3.50. The molecule has 1 fully saturated rings.